The fourth-order valence-electron chi connectivity index (χ4n) is 3.40. The Morgan fingerprint density at radius 3 is 2.46 bits per heavy atom. The van der Waals surface area contributed by atoms with Crippen molar-refractivity contribution in [1.82, 2.24) is 9.80 Å². The van der Waals surface area contributed by atoms with Gasteiger partial charge in [-0.15, -0.1) is 0 Å². The van der Waals surface area contributed by atoms with Gasteiger partial charge in [0.2, 0.25) is 0 Å². The van der Waals surface area contributed by atoms with Gasteiger partial charge in [-0.05, 0) is 64.6 Å². The van der Waals surface area contributed by atoms with Crippen LogP contribution in [0.3, 0.4) is 0 Å². The minimum Gasteiger partial charge on any atom is -0.444 e. The van der Waals surface area contributed by atoms with Crippen LogP contribution >= 0.6 is 0 Å². The second-order valence-corrected chi connectivity index (χ2v) is 8.45. The fourth-order valence-corrected chi connectivity index (χ4v) is 3.40. The first-order valence-corrected chi connectivity index (χ1v) is 9.61. The quantitative estimate of drug-likeness (QED) is 0.844. The smallest absolute Gasteiger partial charge is 0.410 e. The molecule has 0 spiro atoms. The van der Waals surface area contributed by atoms with E-state index in [1.165, 1.54) is 5.56 Å². The van der Waals surface area contributed by atoms with Crippen molar-refractivity contribution >= 4 is 6.09 Å². The average molecular weight is 363 g/mol. The van der Waals surface area contributed by atoms with E-state index < -0.39 is 5.60 Å². The van der Waals surface area contributed by atoms with Gasteiger partial charge in [0, 0.05) is 20.1 Å². The number of nitrogens with zero attached hydrogens (tertiary/aromatic N) is 2. The van der Waals surface area contributed by atoms with Gasteiger partial charge in [0.25, 0.3) is 0 Å². The number of benzene rings is 1. The van der Waals surface area contributed by atoms with Crippen molar-refractivity contribution in [1.29, 1.82) is 0 Å². The Labute approximate surface area is 157 Å². The lowest BCUT2D eigenvalue weighted by Crippen LogP contribution is -2.43. The molecule has 5 nitrogen and oxygen atoms in total. The SMILES string of the molecule is CN(CC1CCN(C[C@@H](O)Cc2ccccc2)CC1)C(=O)OC(C)(C)C. The molecule has 5 heteroatoms. The third-order valence-electron chi connectivity index (χ3n) is 4.73. The number of ether oxygens (including phenoxy) is 1. The number of β-amino-alcohol motifs (C(OH)–C–C–N with tert-alkyl or cyclic N) is 1. The van der Waals surface area contributed by atoms with Gasteiger partial charge in [-0.2, -0.15) is 0 Å². The Hall–Kier alpha value is -1.59. The third-order valence-corrected chi connectivity index (χ3v) is 4.73. The predicted octanol–water partition coefficient (Wildman–Crippen LogP) is 3.17. The molecule has 1 aliphatic heterocycles. The number of piperidine rings is 1. The van der Waals surface area contributed by atoms with Crippen LogP contribution in [0.1, 0.15) is 39.2 Å². The molecular weight excluding hydrogens is 328 g/mol. The monoisotopic (exact) mass is 362 g/mol. The Balaban J connectivity index is 1.69. The lowest BCUT2D eigenvalue weighted by molar-refractivity contribution is 0.0240. The molecule has 1 heterocycles. The van der Waals surface area contributed by atoms with Crippen LogP contribution in [-0.4, -0.2) is 65.9 Å². The molecule has 0 bridgehead atoms. The molecule has 1 atom stereocenters. The van der Waals surface area contributed by atoms with Gasteiger partial charge in [0.1, 0.15) is 5.60 Å². The standard InChI is InChI=1S/C21H34N2O3/c1-21(2,3)26-20(25)22(4)15-18-10-12-23(13-11-18)16-19(24)14-17-8-6-5-7-9-17/h5-9,18-19,24H,10-16H2,1-4H3/t19-/m0/s1. The number of amides is 1. The van der Waals surface area contributed by atoms with E-state index in [1.54, 1.807) is 4.90 Å². The summed E-state index contributed by atoms with van der Waals surface area (Å²) in [6.07, 6.45) is 2.20. The molecular formula is C21H34N2O3. The summed E-state index contributed by atoms with van der Waals surface area (Å²) in [4.78, 5) is 16.1. The van der Waals surface area contributed by atoms with E-state index in [0.29, 0.717) is 18.9 Å². The fraction of sp³-hybridized carbons (Fsp3) is 0.667. The molecule has 26 heavy (non-hydrogen) atoms. The van der Waals surface area contributed by atoms with Crippen molar-refractivity contribution in [2.75, 3.05) is 33.2 Å². The molecule has 1 aliphatic rings. The number of likely N-dealkylation sites (tertiary alicyclic amines) is 1. The van der Waals surface area contributed by atoms with E-state index in [0.717, 1.165) is 32.5 Å². The summed E-state index contributed by atoms with van der Waals surface area (Å²) in [7, 11) is 1.81. The Kier molecular flexibility index (Phi) is 7.47. The van der Waals surface area contributed by atoms with Crippen molar-refractivity contribution in [3.05, 3.63) is 35.9 Å². The van der Waals surface area contributed by atoms with Crippen molar-refractivity contribution in [2.45, 2.75) is 51.7 Å². The molecule has 146 valence electrons. The second-order valence-electron chi connectivity index (χ2n) is 8.45. The molecule has 0 saturated carbocycles. The molecule has 0 radical (unpaired) electrons. The Morgan fingerprint density at radius 1 is 1.27 bits per heavy atom. The zero-order valence-corrected chi connectivity index (χ0v) is 16.6. The second kappa shape index (κ2) is 9.38. The molecule has 0 aliphatic carbocycles. The molecule has 1 N–H and O–H groups in total. The summed E-state index contributed by atoms with van der Waals surface area (Å²) >= 11 is 0. The summed E-state index contributed by atoms with van der Waals surface area (Å²) in [5, 5.41) is 10.3. The minimum atomic E-state index is -0.455. The van der Waals surface area contributed by atoms with Crippen LogP contribution in [0.4, 0.5) is 4.79 Å². The molecule has 1 aromatic rings. The summed E-state index contributed by atoms with van der Waals surface area (Å²) in [6.45, 7) is 9.05. The van der Waals surface area contributed by atoms with Crippen LogP contribution in [0.15, 0.2) is 30.3 Å². The lowest BCUT2D eigenvalue weighted by Gasteiger charge is -2.35. The molecule has 1 fully saturated rings. The normalized spacial score (nSPS) is 17.7. The van der Waals surface area contributed by atoms with Gasteiger partial charge >= 0.3 is 6.09 Å². The molecule has 1 saturated heterocycles. The maximum absolute atomic E-state index is 12.1. The van der Waals surface area contributed by atoms with Crippen LogP contribution in [0.5, 0.6) is 0 Å². The topological polar surface area (TPSA) is 53.0 Å². The van der Waals surface area contributed by atoms with Gasteiger partial charge < -0.3 is 19.6 Å². The van der Waals surface area contributed by atoms with Gasteiger partial charge in [0.15, 0.2) is 0 Å². The van der Waals surface area contributed by atoms with Gasteiger partial charge in [-0.3, -0.25) is 0 Å². The van der Waals surface area contributed by atoms with E-state index in [9.17, 15) is 9.90 Å². The Bertz CT molecular complexity index is 548. The highest BCUT2D eigenvalue weighted by atomic mass is 16.6. The van der Waals surface area contributed by atoms with Crippen LogP contribution in [0.2, 0.25) is 0 Å². The van der Waals surface area contributed by atoms with Crippen LogP contribution in [0.25, 0.3) is 0 Å². The minimum absolute atomic E-state index is 0.252. The number of hydrogen-bond donors (Lipinski definition) is 1. The first-order chi connectivity index (χ1) is 12.2. The Morgan fingerprint density at radius 2 is 1.88 bits per heavy atom. The number of rotatable bonds is 6. The third kappa shape index (κ3) is 7.34. The number of hydrogen-bond acceptors (Lipinski definition) is 4. The summed E-state index contributed by atoms with van der Waals surface area (Å²) in [5.41, 5.74) is 0.720. The highest BCUT2D eigenvalue weighted by Gasteiger charge is 2.25. The first-order valence-electron chi connectivity index (χ1n) is 9.61. The first kappa shape index (κ1) is 20.7. The summed E-state index contributed by atoms with van der Waals surface area (Å²) in [5.74, 6) is 0.495. The largest absolute Gasteiger partial charge is 0.444 e. The molecule has 1 aromatic carbocycles. The maximum Gasteiger partial charge on any atom is 0.410 e. The van der Waals surface area contributed by atoms with Crippen LogP contribution < -0.4 is 0 Å². The molecule has 1 amide bonds. The van der Waals surface area contributed by atoms with E-state index >= 15 is 0 Å². The van der Waals surface area contributed by atoms with Crippen molar-refractivity contribution in [3.8, 4) is 0 Å². The molecule has 0 unspecified atom stereocenters. The van der Waals surface area contributed by atoms with Gasteiger partial charge in [0.05, 0.1) is 6.10 Å². The van der Waals surface area contributed by atoms with Crippen molar-refractivity contribution in [2.24, 2.45) is 5.92 Å². The lowest BCUT2D eigenvalue weighted by atomic mass is 9.96. The van der Waals surface area contributed by atoms with E-state index in [4.69, 9.17) is 4.74 Å². The zero-order chi connectivity index (χ0) is 19.2. The van der Waals surface area contributed by atoms with E-state index in [2.05, 4.69) is 17.0 Å². The highest BCUT2D eigenvalue weighted by Crippen LogP contribution is 2.20. The van der Waals surface area contributed by atoms with Crippen LogP contribution in [0, 0.1) is 5.92 Å². The van der Waals surface area contributed by atoms with E-state index in [1.807, 2.05) is 46.0 Å². The molecule has 0 aromatic heterocycles. The summed E-state index contributed by atoms with van der Waals surface area (Å²) < 4.78 is 5.41. The van der Waals surface area contributed by atoms with Crippen molar-refractivity contribution < 1.29 is 14.6 Å². The number of carbonyl (C=O) groups excluding carboxylic acids is 1. The summed E-state index contributed by atoms with van der Waals surface area (Å²) in [6, 6.07) is 10.1. The van der Waals surface area contributed by atoms with Crippen LogP contribution in [-0.2, 0) is 11.2 Å². The van der Waals surface area contributed by atoms with Gasteiger partial charge in [-0.1, -0.05) is 30.3 Å². The average Bonchev–Trinajstić information content (AvgIpc) is 2.56. The predicted molar refractivity (Wildman–Crippen MR) is 104 cm³/mol. The zero-order valence-electron chi connectivity index (χ0n) is 16.6. The number of carbonyl (C=O) groups is 1. The highest BCUT2D eigenvalue weighted by molar-refractivity contribution is 5.67. The number of aliphatic hydroxyl groups excluding tert-OH is 1. The maximum atomic E-state index is 12.1. The van der Waals surface area contributed by atoms with Crippen molar-refractivity contribution in [3.63, 3.8) is 0 Å². The number of aliphatic hydroxyl groups is 1. The van der Waals surface area contributed by atoms with Gasteiger partial charge in [-0.25, -0.2) is 4.79 Å². The molecule has 2 rings (SSSR count). The van der Waals surface area contributed by atoms with E-state index in [-0.39, 0.29) is 12.2 Å².